The number of ether oxygens (including phenoxy) is 2. The fourth-order valence-corrected chi connectivity index (χ4v) is 1.93. The molecule has 0 fully saturated rings. The van der Waals surface area contributed by atoms with Gasteiger partial charge in [0.15, 0.2) is 17.5 Å². The van der Waals surface area contributed by atoms with Crippen LogP contribution in [0.2, 0.25) is 0 Å². The van der Waals surface area contributed by atoms with Crippen molar-refractivity contribution in [2.75, 3.05) is 47.4 Å². The molecule has 1 unspecified atom stereocenters. The molecule has 1 aromatic rings. The SMILES string of the molecule is CCC(CNC(=NCC(=O)N(C)C)NCCOC)Oc1ccccc1F.I. The van der Waals surface area contributed by atoms with Gasteiger partial charge in [0, 0.05) is 27.7 Å². The van der Waals surface area contributed by atoms with Crippen molar-refractivity contribution in [2.24, 2.45) is 4.99 Å². The Morgan fingerprint density at radius 1 is 1.30 bits per heavy atom. The number of carbonyl (C=O) groups is 1. The van der Waals surface area contributed by atoms with E-state index in [0.717, 1.165) is 0 Å². The number of hydrogen-bond acceptors (Lipinski definition) is 4. The Labute approximate surface area is 177 Å². The molecule has 0 aliphatic heterocycles. The van der Waals surface area contributed by atoms with Gasteiger partial charge in [-0.05, 0) is 18.6 Å². The highest BCUT2D eigenvalue weighted by molar-refractivity contribution is 14.0. The van der Waals surface area contributed by atoms with Gasteiger partial charge in [-0.15, -0.1) is 24.0 Å². The molecule has 0 radical (unpaired) electrons. The van der Waals surface area contributed by atoms with Gasteiger partial charge in [0.25, 0.3) is 0 Å². The molecule has 0 aliphatic rings. The highest BCUT2D eigenvalue weighted by atomic mass is 127. The molecular formula is C18H30FIN4O3. The smallest absolute Gasteiger partial charge is 0.243 e. The summed E-state index contributed by atoms with van der Waals surface area (Å²) in [7, 11) is 4.97. The number of nitrogens with one attached hydrogen (secondary N) is 2. The summed E-state index contributed by atoms with van der Waals surface area (Å²) in [5.74, 6) is 0.199. The number of halogens is 2. The first kappa shape index (κ1) is 25.4. The van der Waals surface area contributed by atoms with Gasteiger partial charge in [-0.1, -0.05) is 19.1 Å². The average Bonchev–Trinajstić information content (AvgIpc) is 2.63. The lowest BCUT2D eigenvalue weighted by Crippen LogP contribution is -2.44. The molecule has 9 heteroatoms. The number of amides is 1. The van der Waals surface area contributed by atoms with Crippen LogP contribution < -0.4 is 15.4 Å². The van der Waals surface area contributed by atoms with Crippen molar-refractivity contribution in [3.8, 4) is 5.75 Å². The molecule has 0 bridgehead atoms. The van der Waals surface area contributed by atoms with Crippen LogP contribution in [-0.2, 0) is 9.53 Å². The predicted molar refractivity (Wildman–Crippen MR) is 115 cm³/mol. The predicted octanol–water partition coefficient (Wildman–Crippen LogP) is 1.87. The number of nitrogens with zero attached hydrogens (tertiary/aromatic N) is 2. The summed E-state index contributed by atoms with van der Waals surface area (Å²) in [4.78, 5) is 17.5. The lowest BCUT2D eigenvalue weighted by atomic mass is 10.2. The normalized spacial score (nSPS) is 12.0. The minimum Gasteiger partial charge on any atom is -0.486 e. The summed E-state index contributed by atoms with van der Waals surface area (Å²) in [6.07, 6.45) is 0.439. The van der Waals surface area contributed by atoms with E-state index in [0.29, 0.717) is 32.1 Å². The minimum absolute atomic E-state index is 0. The third-order valence-corrected chi connectivity index (χ3v) is 3.55. The highest BCUT2D eigenvalue weighted by Crippen LogP contribution is 2.17. The van der Waals surface area contributed by atoms with E-state index in [-0.39, 0.29) is 48.3 Å². The molecule has 2 N–H and O–H groups in total. The lowest BCUT2D eigenvalue weighted by Gasteiger charge is -2.20. The summed E-state index contributed by atoms with van der Waals surface area (Å²) in [5, 5.41) is 6.21. The molecule has 0 saturated carbocycles. The molecule has 0 aliphatic carbocycles. The number of aliphatic imine (C=N–C) groups is 1. The molecule has 7 nitrogen and oxygen atoms in total. The molecule has 1 atom stereocenters. The van der Waals surface area contributed by atoms with Crippen molar-refractivity contribution in [1.29, 1.82) is 0 Å². The van der Waals surface area contributed by atoms with Gasteiger partial charge < -0.3 is 25.0 Å². The monoisotopic (exact) mass is 496 g/mol. The van der Waals surface area contributed by atoms with Crippen molar-refractivity contribution in [1.82, 2.24) is 15.5 Å². The zero-order valence-electron chi connectivity index (χ0n) is 16.3. The maximum absolute atomic E-state index is 13.7. The zero-order valence-corrected chi connectivity index (χ0v) is 18.7. The third kappa shape index (κ3) is 10.3. The summed E-state index contributed by atoms with van der Waals surface area (Å²) in [6.45, 7) is 3.45. The molecule has 1 amide bonds. The molecule has 1 rings (SSSR count). The molecular weight excluding hydrogens is 466 g/mol. The van der Waals surface area contributed by atoms with E-state index < -0.39 is 5.82 Å². The molecule has 0 aromatic heterocycles. The molecule has 0 spiro atoms. The van der Waals surface area contributed by atoms with Crippen LogP contribution in [0.3, 0.4) is 0 Å². The van der Waals surface area contributed by atoms with E-state index in [9.17, 15) is 9.18 Å². The standard InChI is InChI=1S/C18H29FN4O3.HI/c1-5-14(26-16-9-7-6-8-15(16)19)12-21-18(20-10-11-25-4)22-13-17(24)23(2)3;/h6-9,14H,5,10-13H2,1-4H3,(H2,20,21,22);1H. The largest absolute Gasteiger partial charge is 0.486 e. The lowest BCUT2D eigenvalue weighted by molar-refractivity contribution is -0.127. The second kappa shape index (κ2) is 14.4. The van der Waals surface area contributed by atoms with Gasteiger partial charge in [-0.3, -0.25) is 4.79 Å². The van der Waals surface area contributed by atoms with Gasteiger partial charge >= 0.3 is 0 Å². The molecule has 27 heavy (non-hydrogen) atoms. The molecule has 154 valence electrons. The van der Waals surface area contributed by atoms with Crippen molar-refractivity contribution in [3.05, 3.63) is 30.1 Å². The molecule has 1 aromatic carbocycles. The Kier molecular flexibility index (Phi) is 13.6. The Hall–Kier alpha value is -1.62. The maximum Gasteiger partial charge on any atom is 0.243 e. The Morgan fingerprint density at radius 3 is 2.59 bits per heavy atom. The second-order valence-corrected chi connectivity index (χ2v) is 5.83. The van der Waals surface area contributed by atoms with E-state index >= 15 is 0 Å². The maximum atomic E-state index is 13.7. The van der Waals surface area contributed by atoms with E-state index in [1.54, 1.807) is 39.4 Å². The fraction of sp³-hybridized carbons (Fsp3) is 0.556. The summed E-state index contributed by atoms with van der Waals surface area (Å²) >= 11 is 0. The van der Waals surface area contributed by atoms with E-state index in [2.05, 4.69) is 15.6 Å². The number of guanidine groups is 1. The number of benzene rings is 1. The van der Waals surface area contributed by atoms with Crippen LogP contribution in [0.5, 0.6) is 5.75 Å². The van der Waals surface area contributed by atoms with Crippen molar-refractivity contribution >= 4 is 35.8 Å². The third-order valence-electron chi connectivity index (χ3n) is 3.55. The summed E-state index contributed by atoms with van der Waals surface area (Å²) in [5.41, 5.74) is 0. The molecule has 0 saturated heterocycles. The number of methoxy groups -OCH3 is 1. The van der Waals surface area contributed by atoms with Crippen LogP contribution in [0.25, 0.3) is 0 Å². The summed E-state index contributed by atoms with van der Waals surface area (Å²) in [6, 6.07) is 6.30. The van der Waals surface area contributed by atoms with E-state index in [1.165, 1.54) is 11.0 Å². The quantitative estimate of drug-likeness (QED) is 0.224. The number of likely N-dealkylation sites (N-methyl/N-ethyl adjacent to an activating group) is 1. The Bertz CT molecular complexity index is 587. The van der Waals surface area contributed by atoms with Crippen molar-refractivity contribution in [2.45, 2.75) is 19.4 Å². The number of para-hydroxylation sites is 1. The number of rotatable bonds is 10. The van der Waals surface area contributed by atoms with E-state index in [1.807, 2.05) is 6.92 Å². The van der Waals surface area contributed by atoms with Crippen LogP contribution in [0.4, 0.5) is 4.39 Å². The fourth-order valence-electron chi connectivity index (χ4n) is 1.93. The second-order valence-electron chi connectivity index (χ2n) is 5.83. The van der Waals surface area contributed by atoms with Gasteiger partial charge in [-0.2, -0.15) is 0 Å². The topological polar surface area (TPSA) is 75.2 Å². The van der Waals surface area contributed by atoms with Gasteiger partial charge in [0.1, 0.15) is 12.6 Å². The minimum atomic E-state index is -0.394. The first-order valence-corrected chi connectivity index (χ1v) is 8.60. The Balaban J connectivity index is 0.00000676. The summed E-state index contributed by atoms with van der Waals surface area (Å²) < 4.78 is 24.5. The van der Waals surface area contributed by atoms with Crippen LogP contribution in [0.1, 0.15) is 13.3 Å². The van der Waals surface area contributed by atoms with Gasteiger partial charge in [-0.25, -0.2) is 9.38 Å². The average molecular weight is 496 g/mol. The van der Waals surface area contributed by atoms with Crippen LogP contribution in [0, 0.1) is 5.82 Å². The van der Waals surface area contributed by atoms with Crippen LogP contribution in [-0.4, -0.2) is 70.3 Å². The van der Waals surface area contributed by atoms with Gasteiger partial charge in [0.05, 0.1) is 13.2 Å². The van der Waals surface area contributed by atoms with Crippen molar-refractivity contribution < 1.29 is 18.7 Å². The number of carbonyl (C=O) groups excluding carboxylic acids is 1. The molecule has 0 heterocycles. The first-order valence-electron chi connectivity index (χ1n) is 8.60. The van der Waals surface area contributed by atoms with Crippen molar-refractivity contribution in [3.63, 3.8) is 0 Å². The highest BCUT2D eigenvalue weighted by Gasteiger charge is 2.12. The first-order chi connectivity index (χ1) is 12.5. The zero-order chi connectivity index (χ0) is 19.4. The van der Waals surface area contributed by atoms with Crippen LogP contribution >= 0.6 is 24.0 Å². The van der Waals surface area contributed by atoms with Gasteiger partial charge in [0.2, 0.25) is 5.91 Å². The Morgan fingerprint density at radius 2 is 2.00 bits per heavy atom. The van der Waals surface area contributed by atoms with E-state index in [4.69, 9.17) is 9.47 Å². The van der Waals surface area contributed by atoms with Crippen LogP contribution in [0.15, 0.2) is 29.3 Å². The number of hydrogen-bond donors (Lipinski definition) is 2.